The molecule has 0 heterocycles. The molecule has 0 radical (unpaired) electrons. The smallest absolute Gasteiger partial charge is 0.261 e. The minimum atomic E-state index is -3.71. The van der Waals surface area contributed by atoms with Crippen LogP contribution in [0.25, 0.3) is 0 Å². The molecule has 5 nitrogen and oxygen atoms in total. The van der Waals surface area contributed by atoms with E-state index < -0.39 is 10.0 Å². The number of para-hydroxylation sites is 1. The molecule has 3 aromatic carbocycles. The number of nitrogens with zero attached hydrogens (tertiary/aromatic N) is 1. The molecular weight excluding hydrogens is 396 g/mol. The Hall–Kier alpha value is -3.12. The van der Waals surface area contributed by atoms with Gasteiger partial charge in [-0.15, -0.1) is 0 Å². The largest absolute Gasteiger partial charge is 0.331 e. The minimum absolute atomic E-state index is 0.0713. The quantitative estimate of drug-likeness (QED) is 0.607. The van der Waals surface area contributed by atoms with Gasteiger partial charge in [0.25, 0.3) is 15.9 Å². The molecule has 1 amide bonds. The van der Waals surface area contributed by atoms with Crippen LogP contribution in [0.5, 0.6) is 0 Å². The first kappa shape index (κ1) is 20.2. The van der Waals surface area contributed by atoms with E-state index in [0.717, 1.165) is 18.4 Å². The van der Waals surface area contributed by atoms with E-state index in [1.165, 1.54) is 17.7 Å². The Balaban J connectivity index is 1.50. The fourth-order valence-electron chi connectivity index (χ4n) is 3.31. The van der Waals surface area contributed by atoms with E-state index in [9.17, 15) is 13.2 Å². The van der Waals surface area contributed by atoms with E-state index in [1.807, 2.05) is 42.2 Å². The molecular formula is C24H24N2O3S. The first-order chi connectivity index (χ1) is 14.4. The van der Waals surface area contributed by atoms with Crippen LogP contribution >= 0.6 is 0 Å². The topological polar surface area (TPSA) is 66.5 Å². The molecule has 154 valence electrons. The van der Waals surface area contributed by atoms with Gasteiger partial charge in [0, 0.05) is 23.8 Å². The van der Waals surface area contributed by atoms with Gasteiger partial charge in [0.05, 0.1) is 4.90 Å². The van der Waals surface area contributed by atoms with Gasteiger partial charge in [-0.25, -0.2) is 8.42 Å². The number of carbonyl (C=O) groups is 1. The van der Waals surface area contributed by atoms with Gasteiger partial charge in [0.1, 0.15) is 0 Å². The average Bonchev–Trinajstić information content (AvgIpc) is 3.59. The zero-order chi connectivity index (χ0) is 21.1. The summed E-state index contributed by atoms with van der Waals surface area (Å²) in [5.41, 5.74) is 3.26. The Morgan fingerprint density at radius 1 is 0.933 bits per heavy atom. The number of aryl methyl sites for hydroxylation is 1. The Morgan fingerprint density at radius 3 is 2.17 bits per heavy atom. The highest BCUT2D eigenvalue weighted by Gasteiger charge is 2.33. The Kier molecular flexibility index (Phi) is 5.59. The number of rotatable bonds is 7. The van der Waals surface area contributed by atoms with Crippen LogP contribution in [0.15, 0.2) is 83.8 Å². The summed E-state index contributed by atoms with van der Waals surface area (Å²) in [4.78, 5) is 15.1. The van der Waals surface area contributed by atoms with Crippen molar-refractivity contribution in [1.82, 2.24) is 4.90 Å². The molecule has 0 aliphatic heterocycles. The van der Waals surface area contributed by atoms with Crippen LogP contribution in [-0.4, -0.2) is 25.3 Å². The van der Waals surface area contributed by atoms with Gasteiger partial charge in [-0.05, 0) is 61.7 Å². The van der Waals surface area contributed by atoms with Crippen molar-refractivity contribution in [3.8, 4) is 0 Å². The maximum absolute atomic E-state index is 13.1. The lowest BCUT2D eigenvalue weighted by atomic mass is 10.1. The molecule has 6 heteroatoms. The fraction of sp³-hybridized carbons (Fsp3) is 0.208. The summed E-state index contributed by atoms with van der Waals surface area (Å²) >= 11 is 0. The average molecular weight is 421 g/mol. The summed E-state index contributed by atoms with van der Waals surface area (Å²) in [6.45, 7) is 2.59. The van der Waals surface area contributed by atoms with Crippen LogP contribution in [0.3, 0.4) is 0 Å². The molecule has 0 spiro atoms. The van der Waals surface area contributed by atoms with Crippen LogP contribution in [0.1, 0.15) is 34.3 Å². The molecule has 0 unspecified atom stereocenters. The lowest BCUT2D eigenvalue weighted by molar-refractivity contribution is 0.0730. The van der Waals surface area contributed by atoms with E-state index in [0.29, 0.717) is 17.8 Å². The number of anilines is 1. The second kappa shape index (κ2) is 8.32. The number of amides is 1. The van der Waals surface area contributed by atoms with E-state index in [2.05, 4.69) is 4.72 Å². The van der Waals surface area contributed by atoms with Crippen LogP contribution in [-0.2, 0) is 16.6 Å². The van der Waals surface area contributed by atoms with Gasteiger partial charge < -0.3 is 4.90 Å². The summed E-state index contributed by atoms with van der Waals surface area (Å²) in [5.74, 6) is -0.0713. The second-order valence-electron chi connectivity index (χ2n) is 7.65. The maximum atomic E-state index is 13.1. The summed E-state index contributed by atoms with van der Waals surface area (Å²) in [6.07, 6.45) is 2.01. The molecule has 1 N–H and O–H groups in total. The third-order valence-electron chi connectivity index (χ3n) is 5.16. The Labute approximate surface area is 177 Å². The van der Waals surface area contributed by atoms with Crippen LogP contribution < -0.4 is 4.72 Å². The van der Waals surface area contributed by atoms with Crippen molar-refractivity contribution in [2.75, 3.05) is 4.72 Å². The fourth-order valence-corrected chi connectivity index (χ4v) is 4.36. The van der Waals surface area contributed by atoms with E-state index in [-0.39, 0.29) is 16.8 Å². The predicted octanol–water partition coefficient (Wildman–Crippen LogP) is 4.60. The third-order valence-corrected chi connectivity index (χ3v) is 6.56. The molecule has 0 atom stereocenters. The van der Waals surface area contributed by atoms with Gasteiger partial charge in [-0.3, -0.25) is 9.52 Å². The molecule has 1 fully saturated rings. The van der Waals surface area contributed by atoms with Crippen molar-refractivity contribution in [3.05, 3.63) is 95.6 Å². The van der Waals surface area contributed by atoms with Crippen molar-refractivity contribution in [3.63, 3.8) is 0 Å². The molecule has 1 aliphatic carbocycles. The number of sulfonamides is 1. The lowest BCUT2D eigenvalue weighted by Crippen LogP contribution is -2.32. The number of carbonyl (C=O) groups excluding carboxylic acids is 1. The van der Waals surface area contributed by atoms with Crippen molar-refractivity contribution in [2.24, 2.45) is 0 Å². The standard InChI is InChI=1S/C24H24N2O3S/c1-18-7-9-19(10-8-18)17-26(22-13-14-22)24(27)20-11-15-23(16-12-20)30(28,29)25-21-5-3-2-4-6-21/h2-12,15-16,22,25H,13-14,17H2,1H3. The van der Waals surface area contributed by atoms with E-state index >= 15 is 0 Å². The Bertz CT molecular complexity index is 1120. The lowest BCUT2D eigenvalue weighted by Gasteiger charge is -2.23. The number of hydrogen-bond acceptors (Lipinski definition) is 3. The molecule has 0 aromatic heterocycles. The molecule has 3 aromatic rings. The van der Waals surface area contributed by atoms with Crippen LogP contribution in [0.2, 0.25) is 0 Å². The molecule has 1 aliphatic rings. The first-order valence-electron chi connectivity index (χ1n) is 9.97. The van der Waals surface area contributed by atoms with Crippen molar-refractivity contribution < 1.29 is 13.2 Å². The number of benzene rings is 3. The summed E-state index contributed by atoms with van der Waals surface area (Å²) in [7, 11) is -3.71. The third kappa shape index (κ3) is 4.71. The van der Waals surface area contributed by atoms with E-state index in [4.69, 9.17) is 0 Å². The molecule has 4 rings (SSSR count). The summed E-state index contributed by atoms with van der Waals surface area (Å²) in [6, 6.07) is 23.3. The van der Waals surface area contributed by atoms with Gasteiger partial charge in [0.2, 0.25) is 0 Å². The highest BCUT2D eigenvalue weighted by atomic mass is 32.2. The zero-order valence-corrected chi connectivity index (χ0v) is 17.6. The van der Waals surface area contributed by atoms with Crippen molar-refractivity contribution in [1.29, 1.82) is 0 Å². The van der Waals surface area contributed by atoms with Gasteiger partial charge in [0.15, 0.2) is 0 Å². The van der Waals surface area contributed by atoms with Gasteiger partial charge in [-0.2, -0.15) is 0 Å². The zero-order valence-electron chi connectivity index (χ0n) is 16.8. The highest BCUT2D eigenvalue weighted by molar-refractivity contribution is 7.92. The number of nitrogens with one attached hydrogen (secondary N) is 1. The molecule has 0 saturated heterocycles. The summed E-state index contributed by atoms with van der Waals surface area (Å²) < 4.78 is 27.7. The van der Waals surface area contributed by atoms with Gasteiger partial charge in [-0.1, -0.05) is 48.0 Å². The monoisotopic (exact) mass is 420 g/mol. The highest BCUT2D eigenvalue weighted by Crippen LogP contribution is 2.30. The molecule has 1 saturated carbocycles. The van der Waals surface area contributed by atoms with Gasteiger partial charge >= 0.3 is 0 Å². The summed E-state index contributed by atoms with van der Waals surface area (Å²) in [5, 5.41) is 0. The van der Waals surface area contributed by atoms with Crippen LogP contribution in [0.4, 0.5) is 5.69 Å². The maximum Gasteiger partial charge on any atom is 0.261 e. The van der Waals surface area contributed by atoms with Crippen LogP contribution in [0, 0.1) is 6.92 Å². The molecule has 30 heavy (non-hydrogen) atoms. The van der Waals surface area contributed by atoms with Crippen molar-refractivity contribution >= 4 is 21.6 Å². The van der Waals surface area contributed by atoms with Crippen molar-refractivity contribution in [2.45, 2.75) is 37.2 Å². The Morgan fingerprint density at radius 2 is 1.57 bits per heavy atom. The normalized spacial score (nSPS) is 13.6. The SMILES string of the molecule is Cc1ccc(CN(C(=O)c2ccc(S(=O)(=O)Nc3ccccc3)cc2)C2CC2)cc1. The minimum Gasteiger partial charge on any atom is -0.331 e. The number of hydrogen-bond donors (Lipinski definition) is 1. The predicted molar refractivity (Wildman–Crippen MR) is 118 cm³/mol. The first-order valence-corrected chi connectivity index (χ1v) is 11.5. The van der Waals surface area contributed by atoms with E-state index in [1.54, 1.807) is 36.4 Å². The molecule has 0 bridgehead atoms. The second-order valence-corrected chi connectivity index (χ2v) is 9.33.